The van der Waals surface area contributed by atoms with Gasteiger partial charge in [0.05, 0.1) is 27.0 Å². The lowest BCUT2D eigenvalue weighted by Crippen LogP contribution is -2.24. The molecule has 0 unspecified atom stereocenters. The zero-order valence-electron chi connectivity index (χ0n) is 16.9. The third-order valence-corrected chi connectivity index (χ3v) is 4.64. The fourth-order valence-corrected chi connectivity index (χ4v) is 3.25. The number of nitrogens with zero attached hydrogens (tertiary/aromatic N) is 2. The Morgan fingerprint density at radius 3 is 2.34 bits per heavy atom. The predicted molar refractivity (Wildman–Crippen MR) is 110 cm³/mol. The molecule has 0 fully saturated rings. The van der Waals surface area contributed by atoms with E-state index in [2.05, 4.69) is 9.88 Å². The number of ether oxygens (including phenoxy) is 3. The maximum Gasteiger partial charge on any atom is 0.165 e. The van der Waals surface area contributed by atoms with E-state index in [1.165, 1.54) is 6.07 Å². The van der Waals surface area contributed by atoms with Crippen molar-refractivity contribution in [2.45, 2.75) is 19.6 Å². The summed E-state index contributed by atoms with van der Waals surface area (Å²) in [6.07, 6.45) is 1.76. The van der Waals surface area contributed by atoms with E-state index in [-0.39, 0.29) is 5.82 Å². The summed E-state index contributed by atoms with van der Waals surface area (Å²) in [5.41, 5.74) is 2.41. The Kier molecular flexibility index (Phi) is 7.03. The van der Waals surface area contributed by atoms with Crippen LogP contribution in [0.4, 0.5) is 4.39 Å². The van der Waals surface area contributed by atoms with Crippen molar-refractivity contribution < 1.29 is 18.6 Å². The van der Waals surface area contributed by atoms with Crippen LogP contribution >= 0.6 is 0 Å². The van der Waals surface area contributed by atoms with Crippen LogP contribution in [-0.2, 0) is 19.6 Å². The lowest BCUT2D eigenvalue weighted by atomic mass is 10.1. The summed E-state index contributed by atoms with van der Waals surface area (Å²) in [7, 11) is 4.80. The topological polar surface area (TPSA) is 43.8 Å². The van der Waals surface area contributed by atoms with E-state index in [9.17, 15) is 4.39 Å². The van der Waals surface area contributed by atoms with Gasteiger partial charge in [0, 0.05) is 37.0 Å². The van der Waals surface area contributed by atoms with Crippen LogP contribution in [0.25, 0.3) is 0 Å². The van der Waals surface area contributed by atoms with Crippen molar-refractivity contribution in [1.29, 1.82) is 0 Å². The lowest BCUT2D eigenvalue weighted by molar-refractivity contribution is 0.235. The molecule has 0 amide bonds. The number of halogens is 1. The first kappa shape index (κ1) is 20.6. The zero-order valence-corrected chi connectivity index (χ0v) is 16.9. The molecule has 0 bridgehead atoms. The first-order valence-corrected chi connectivity index (χ1v) is 9.29. The average Bonchev–Trinajstić information content (AvgIpc) is 2.75. The Labute approximate surface area is 170 Å². The second-order valence-electron chi connectivity index (χ2n) is 6.58. The number of benzene rings is 2. The fourth-order valence-electron chi connectivity index (χ4n) is 3.25. The molecule has 0 N–H and O–H groups in total. The molecule has 0 saturated heterocycles. The van der Waals surface area contributed by atoms with Crippen molar-refractivity contribution in [2.24, 2.45) is 0 Å². The van der Waals surface area contributed by atoms with Gasteiger partial charge in [-0.2, -0.15) is 0 Å². The number of methoxy groups -OCH3 is 3. The van der Waals surface area contributed by atoms with Gasteiger partial charge in [0.15, 0.2) is 11.5 Å². The molecule has 5 nitrogen and oxygen atoms in total. The van der Waals surface area contributed by atoms with Crippen LogP contribution in [0.1, 0.15) is 16.8 Å². The second kappa shape index (κ2) is 9.89. The van der Waals surface area contributed by atoms with Crippen molar-refractivity contribution in [3.05, 3.63) is 83.4 Å². The van der Waals surface area contributed by atoms with Gasteiger partial charge in [-0.1, -0.05) is 18.2 Å². The normalized spacial score (nSPS) is 10.8. The standard InChI is InChI=1S/C23H25FN2O3/c1-27-20-10-11-21(24)18(13-20)15-26(16-19-8-4-5-12-25-19)14-17-7-6-9-22(28-2)23(17)29-3/h4-13H,14-16H2,1-3H3. The van der Waals surface area contributed by atoms with Crippen LogP contribution in [0.2, 0.25) is 0 Å². The maximum atomic E-state index is 14.5. The van der Waals surface area contributed by atoms with E-state index in [4.69, 9.17) is 14.2 Å². The van der Waals surface area contributed by atoms with Crippen LogP contribution in [0.15, 0.2) is 60.8 Å². The highest BCUT2D eigenvalue weighted by Crippen LogP contribution is 2.32. The molecule has 0 aliphatic rings. The molecule has 0 aliphatic heterocycles. The lowest BCUT2D eigenvalue weighted by Gasteiger charge is -2.24. The third kappa shape index (κ3) is 5.23. The summed E-state index contributed by atoms with van der Waals surface area (Å²) in [5, 5.41) is 0. The predicted octanol–water partition coefficient (Wildman–Crippen LogP) is 4.45. The van der Waals surface area contributed by atoms with E-state index in [0.29, 0.717) is 42.4 Å². The Hall–Kier alpha value is -3.12. The van der Waals surface area contributed by atoms with Gasteiger partial charge in [-0.05, 0) is 36.4 Å². The van der Waals surface area contributed by atoms with Crippen molar-refractivity contribution in [3.63, 3.8) is 0 Å². The van der Waals surface area contributed by atoms with E-state index >= 15 is 0 Å². The van der Waals surface area contributed by atoms with Gasteiger partial charge in [0.25, 0.3) is 0 Å². The van der Waals surface area contributed by atoms with E-state index in [0.717, 1.165) is 11.3 Å². The number of hydrogen-bond acceptors (Lipinski definition) is 5. The maximum absolute atomic E-state index is 14.5. The molecule has 0 aliphatic carbocycles. The Morgan fingerprint density at radius 1 is 0.828 bits per heavy atom. The Morgan fingerprint density at radius 2 is 1.66 bits per heavy atom. The largest absolute Gasteiger partial charge is 0.497 e. The number of pyridine rings is 1. The molecule has 2 aromatic carbocycles. The summed E-state index contributed by atoms with van der Waals surface area (Å²) in [5.74, 6) is 1.69. The quantitative estimate of drug-likeness (QED) is 0.535. The Bertz CT molecular complexity index is 935. The molecular weight excluding hydrogens is 371 g/mol. The SMILES string of the molecule is COc1ccc(F)c(CN(Cc2ccccn2)Cc2cccc(OC)c2OC)c1. The van der Waals surface area contributed by atoms with Crippen LogP contribution in [0, 0.1) is 5.82 Å². The number of aromatic nitrogens is 1. The minimum Gasteiger partial charge on any atom is -0.497 e. The smallest absolute Gasteiger partial charge is 0.165 e. The van der Waals surface area contributed by atoms with Gasteiger partial charge in [0.1, 0.15) is 11.6 Å². The first-order chi connectivity index (χ1) is 14.1. The summed E-state index contributed by atoms with van der Waals surface area (Å²) >= 11 is 0. The summed E-state index contributed by atoms with van der Waals surface area (Å²) in [6, 6.07) is 16.3. The highest BCUT2D eigenvalue weighted by atomic mass is 19.1. The second-order valence-corrected chi connectivity index (χ2v) is 6.58. The molecule has 3 aromatic rings. The number of hydrogen-bond donors (Lipinski definition) is 0. The highest BCUT2D eigenvalue weighted by Gasteiger charge is 2.17. The first-order valence-electron chi connectivity index (χ1n) is 9.29. The number of rotatable bonds is 9. The van der Waals surface area contributed by atoms with Crippen LogP contribution < -0.4 is 14.2 Å². The molecule has 6 heteroatoms. The molecule has 0 spiro atoms. The van der Waals surface area contributed by atoms with E-state index < -0.39 is 0 Å². The third-order valence-electron chi connectivity index (χ3n) is 4.64. The van der Waals surface area contributed by atoms with E-state index in [1.807, 2.05) is 36.4 Å². The monoisotopic (exact) mass is 396 g/mol. The van der Waals surface area contributed by atoms with E-state index in [1.54, 1.807) is 39.7 Å². The zero-order chi connectivity index (χ0) is 20.6. The van der Waals surface area contributed by atoms with Gasteiger partial charge >= 0.3 is 0 Å². The van der Waals surface area contributed by atoms with Crippen LogP contribution in [0.3, 0.4) is 0 Å². The van der Waals surface area contributed by atoms with Crippen molar-refractivity contribution in [3.8, 4) is 17.2 Å². The minimum absolute atomic E-state index is 0.269. The van der Waals surface area contributed by atoms with Gasteiger partial charge in [-0.15, -0.1) is 0 Å². The Balaban J connectivity index is 1.92. The van der Waals surface area contributed by atoms with Crippen LogP contribution in [-0.4, -0.2) is 31.2 Å². The van der Waals surface area contributed by atoms with Gasteiger partial charge in [-0.3, -0.25) is 9.88 Å². The minimum atomic E-state index is -0.269. The molecule has 0 radical (unpaired) electrons. The molecule has 0 atom stereocenters. The molecule has 1 heterocycles. The van der Waals surface area contributed by atoms with Crippen LogP contribution in [0.5, 0.6) is 17.2 Å². The highest BCUT2D eigenvalue weighted by molar-refractivity contribution is 5.46. The molecule has 1 aromatic heterocycles. The summed E-state index contributed by atoms with van der Waals surface area (Å²) in [6.45, 7) is 1.48. The molecule has 152 valence electrons. The fraction of sp³-hybridized carbons (Fsp3) is 0.261. The van der Waals surface area contributed by atoms with Gasteiger partial charge in [-0.25, -0.2) is 4.39 Å². The summed E-state index contributed by atoms with van der Waals surface area (Å²) in [4.78, 5) is 6.53. The number of para-hydroxylation sites is 1. The average molecular weight is 396 g/mol. The molecule has 29 heavy (non-hydrogen) atoms. The molecule has 0 saturated carbocycles. The van der Waals surface area contributed by atoms with Gasteiger partial charge < -0.3 is 14.2 Å². The van der Waals surface area contributed by atoms with Crippen molar-refractivity contribution in [1.82, 2.24) is 9.88 Å². The summed E-state index contributed by atoms with van der Waals surface area (Å²) < 4.78 is 30.7. The van der Waals surface area contributed by atoms with Crippen molar-refractivity contribution >= 4 is 0 Å². The molecular formula is C23H25FN2O3. The van der Waals surface area contributed by atoms with Crippen molar-refractivity contribution in [2.75, 3.05) is 21.3 Å². The molecule has 3 rings (SSSR count). The van der Waals surface area contributed by atoms with Gasteiger partial charge in [0.2, 0.25) is 0 Å².